The highest BCUT2D eigenvalue weighted by atomic mass is 19.1. The van der Waals surface area contributed by atoms with Crippen molar-refractivity contribution in [2.75, 3.05) is 37.4 Å². The Balaban J connectivity index is 1.57. The van der Waals surface area contributed by atoms with Crippen LogP contribution in [0.2, 0.25) is 0 Å². The van der Waals surface area contributed by atoms with E-state index >= 15 is 0 Å². The maximum Gasteiger partial charge on any atom is 0.272 e. The molecule has 3 aromatic rings. The number of benzene rings is 2. The molecule has 1 saturated heterocycles. The number of aryl methyl sites for hydroxylation is 1. The normalized spacial score (nSPS) is 14.8. The molecule has 0 bridgehead atoms. The molecule has 6 nitrogen and oxygen atoms in total. The number of fused-ring (bicyclic) bond motifs is 1. The SMILES string of the molecule is Cc1ccc(F)c2cc(C(=O)Nc3cc(C#N)cc(N4CCC(N(C)C)CC4)c3)[nH]c12. The molecule has 1 aliphatic rings. The van der Waals surface area contributed by atoms with E-state index < -0.39 is 0 Å². The van der Waals surface area contributed by atoms with Gasteiger partial charge in [-0.25, -0.2) is 4.39 Å². The second-order valence-electron chi connectivity index (χ2n) is 8.35. The maximum absolute atomic E-state index is 14.1. The molecule has 0 radical (unpaired) electrons. The smallest absolute Gasteiger partial charge is 0.272 e. The van der Waals surface area contributed by atoms with Crippen LogP contribution in [0.4, 0.5) is 15.8 Å². The molecule has 0 atom stereocenters. The average molecular weight is 420 g/mol. The molecule has 0 saturated carbocycles. The number of hydrogen-bond donors (Lipinski definition) is 2. The summed E-state index contributed by atoms with van der Waals surface area (Å²) in [7, 11) is 4.20. The molecular weight excluding hydrogens is 393 g/mol. The molecule has 0 spiro atoms. The molecule has 4 rings (SSSR count). The van der Waals surface area contributed by atoms with Gasteiger partial charge in [0.1, 0.15) is 11.5 Å². The number of aromatic nitrogens is 1. The number of rotatable bonds is 4. The summed E-state index contributed by atoms with van der Waals surface area (Å²) in [6.45, 7) is 3.65. The number of anilines is 2. The summed E-state index contributed by atoms with van der Waals surface area (Å²) in [5.74, 6) is -0.742. The van der Waals surface area contributed by atoms with Gasteiger partial charge in [0.05, 0.1) is 17.1 Å². The molecule has 2 N–H and O–H groups in total. The number of aromatic amines is 1. The van der Waals surface area contributed by atoms with Gasteiger partial charge in [-0.1, -0.05) is 6.07 Å². The number of halogens is 1. The number of amides is 1. The summed E-state index contributed by atoms with van der Waals surface area (Å²) < 4.78 is 14.1. The third-order valence-electron chi connectivity index (χ3n) is 6.06. The lowest BCUT2D eigenvalue weighted by atomic mass is 10.0. The fraction of sp³-hybridized carbons (Fsp3) is 0.333. The predicted octanol–water partition coefficient (Wildman–Crippen LogP) is 4.27. The van der Waals surface area contributed by atoms with E-state index in [1.54, 1.807) is 12.1 Å². The van der Waals surface area contributed by atoms with E-state index in [2.05, 4.69) is 40.3 Å². The Morgan fingerprint density at radius 2 is 1.97 bits per heavy atom. The first-order valence-corrected chi connectivity index (χ1v) is 10.4. The molecule has 0 aliphatic carbocycles. The lowest BCUT2D eigenvalue weighted by molar-refractivity contribution is 0.102. The third-order valence-corrected chi connectivity index (χ3v) is 6.06. The van der Waals surface area contributed by atoms with Crippen LogP contribution in [-0.4, -0.2) is 49.0 Å². The van der Waals surface area contributed by atoms with Crippen molar-refractivity contribution < 1.29 is 9.18 Å². The second-order valence-corrected chi connectivity index (χ2v) is 8.35. The van der Waals surface area contributed by atoms with Gasteiger partial charge in [0, 0.05) is 35.9 Å². The Kier molecular flexibility index (Phi) is 5.66. The van der Waals surface area contributed by atoms with Crippen LogP contribution in [-0.2, 0) is 0 Å². The number of H-pyrrole nitrogens is 1. The number of carbonyl (C=O) groups excluding carboxylic acids is 1. The molecule has 1 aliphatic heterocycles. The molecular formula is C24H26FN5O. The van der Waals surface area contributed by atoms with Gasteiger partial charge in [0.2, 0.25) is 0 Å². The van der Waals surface area contributed by atoms with Crippen molar-refractivity contribution in [3.63, 3.8) is 0 Å². The van der Waals surface area contributed by atoms with Crippen LogP contribution in [0.1, 0.15) is 34.5 Å². The third kappa shape index (κ3) is 4.25. The van der Waals surface area contributed by atoms with Crippen molar-refractivity contribution in [2.24, 2.45) is 0 Å². The summed E-state index contributed by atoms with van der Waals surface area (Å²) in [6, 6.07) is 12.7. The Morgan fingerprint density at radius 1 is 1.23 bits per heavy atom. The van der Waals surface area contributed by atoms with Crippen LogP contribution in [0.25, 0.3) is 10.9 Å². The lowest BCUT2D eigenvalue weighted by Crippen LogP contribution is -2.42. The summed E-state index contributed by atoms with van der Waals surface area (Å²) in [5.41, 5.74) is 3.71. The molecule has 1 aromatic heterocycles. The van der Waals surface area contributed by atoms with Gasteiger partial charge in [-0.15, -0.1) is 0 Å². The van der Waals surface area contributed by atoms with Crippen molar-refractivity contribution in [1.82, 2.24) is 9.88 Å². The monoisotopic (exact) mass is 419 g/mol. The molecule has 2 aromatic carbocycles. The quantitative estimate of drug-likeness (QED) is 0.662. The highest BCUT2D eigenvalue weighted by Gasteiger charge is 2.22. The first-order valence-electron chi connectivity index (χ1n) is 10.4. The Labute approximate surface area is 181 Å². The van der Waals surface area contributed by atoms with E-state index in [1.807, 2.05) is 19.1 Å². The minimum Gasteiger partial charge on any atom is -0.371 e. The molecule has 7 heteroatoms. The Hall–Kier alpha value is -3.37. The highest BCUT2D eigenvalue weighted by Crippen LogP contribution is 2.27. The fourth-order valence-electron chi connectivity index (χ4n) is 4.22. The first kappa shape index (κ1) is 20.9. The standard InChI is InChI=1S/C24H26FN5O/c1-15-4-5-21(25)20-13-22(28-23(15)20)24(31)27-17-10-16(14-26)11-19(12-17)30-8-6-18(7-9-30)29(2)3/h4-5,10-13,18,28H,6-9H2,1-3H3,(H,27,31). The number of nitrogens with one attached hydrogen (secondary N) is 2. The highest BCUT2D eigenvalue weighted by molar-refractivity contribution is 6.06. The zero-order valence-corrected chi connectivity index (χ0v) is 18.0. The fourth-order valence-corrected chi connectivity index (χ4v) is 4.22. The van der Waals surface area contributed by atoms with E-state index in [4.69, 9.17) is 0 Å². The first-order chi connectivity index (χ1) is 14.9. The molecule has 2 heterocycles. The molecule has 160 valence electrons. The summed E-state index contributed by atoms with van der Waals surface area (Å²) >= 11 is 0. The number of carbonyl (C=O) groups is 1. The van der Waals surface area contributed by atoms with Gasteiger partial charge in [-0.2, -0.15) is 5.26 Å². The number of piperidine rings is 1. The van der Waals surface area contributed by atoms with E-state index in [9.17, 15) is 14.4 Å². The molecule has 1 amide bonds. The second kappa shape index (κ2) is 8.40. The van der Waals surface area contributed by atoms with Crippen molar-refractivity contribution in [2.45, 2.75) is 25.8 Å². The van der Waals surface area contributed by atoms with E-state index in [0.717, 1.165) is 37.2 Å². The van der Waals surface area contributed by atoms with Crippen LogP contribution in [0.3, 0.4) is 0 Å². The van der Waals surface area contributed by atoms with Crippen LogP contribution in [0, 0.1) is 24.1 Å². The average Bonchev–Trinajstić information content (AvgIpc) is 3.23. The number of hydrogen-bond acceptors (Lipinski definition) is 4. The number of nitrogens with zero attached hydrogens (tertiary/aromatic N) is 3. The van der Waals surface area contributed by atoms with Crippen molar-refractivity contribution in [3.05, 3.63) is 59.0 Å². The van der Waals surface area contributed by atoms with Crippen molar-refractivity contribution >= 4 is 28.2 Å². The maximum atomic E-state index is 14.1. The van der Waals surface area contributed by atoms with E-state index in [-0.39, 0.29) is 17.4 Å². The van der Waals surface area contributed by atoms with Crippen molar-refractivity contribution in [1.29, 1.82) is 5.26 Å². The van der Waals surface area contributed by atoms with Crippen LogP contribution >= 0.6 is 0 Å². The zero-order valence-electron chi connectivity index (χ0n) is 18.0. The van der Waals surface area contributed by atoms with Gasteiger partial charge < -0.3 is 20.1 Å². The minimum atomic E-state index is -0.373. The van der Waals surface area contributed by atoms with Gasteiger partial charge in [-0.05, 0) is 69.8 Å². The number of nitriles is 1. The van der Waals surface area contributed by atoms with Gasteiger partial charge in [0.15, 0.2) is 0 Å². The molecule has 1 fully saturated rings. The summed E-state index contributed by atoms with van der Waals surface area (Å²) in [6.07, 6.45) is 2.09. The summed E-state index contributed by atoms with van der Waals surface area (Å²) in [4.78, 5) is 20.4. The largest absolute Gasteiger partial charge is 0.371 e. The predicted molar refractivity (Wildman–Crippen MR) is 121 cm³/mol. The van der Waals surface area contributed by atoms with Gasteiger partial charge in [-0.3, -0.25) is 4.79 Å². The topological polar surface area (TPSA) is 75.2 Å². The molecule has 0 unspecified atom stereocenters. The zero-order chi connectivity index (χ0) is 22.1. The van der Waals surface area contributed by atoms with Gasteiger partial charge >= 0.3 is 0 Å². The van der Waals surface area contributed by atoms with Crippen LogP contribution < -0.4 is 10.2 Å². The Bertz CT molecular complexity index is 1130. The minimum absolute atomic E-state index is 0.277. The van der Waals surface area contributed by atoms with Gasteiger partial charge in [0.25, 0.3) is 5.91 Å². The van der Waals surface area contributed by atoms with Crippen LogP contribution in [0.5, 0.6) is 0 Å². The lowest BCUT2D eigenvalue weighted by Gasteiger charge is -2.36. The van der Waals surface area contributed by atoms with E-state index in [0.29, 0.717) is 28.2 Å². The summed E-state index contributed by atoms with van der Waals surface area (Å²) in [5, 5.41) is 12.7. The molecule has 31 heavy (non-hydrogen) atoms. The van der Waals surface area contributed by atoms with Crippen LogP contribution in [0.15, 0.2) is 36.4 Å². The van der Waals surface area contributed by atoms with E-state index in [1.165, 1.54) is 12.1 Å². The van der Waals surface area contributed by atoms with Crippen molar-refractivity contribution in [3.8, 4) is 6.07 Å². The Morgan fingerprint density at radius 3 is 2.61 bits per heavy atom.